The molecule has 4 saturated carbocycles. The number of carbonyl (C=O) groups is 1. The molecule has 108 valence electrons. The first-order valence-electron chi connectivity index (χ1n) is 8.05. The number of carboxylic acid groups (broad SMARTS) is 1. The zero-order valence-electron chi connectivity index (χ0n) is 11.8. The SMILES string of the molecule is O=C(O)CC(c1ccc[nH]1)C1C2CC3CC(C2)CC1C3. The van der Waals surface area contributed by atoms with Crippen LogP contribution in [0.5, 0.6) is 0 Å². The highest BCUT2D eigenvalue weighted by molar-refractivity contribution is 5.68. The van der Waals surface area contributed by atoms with Crippen LogP contribution in [0.1, 0.15) is 50.1 Å². The Bertz CT molecular complexity index is 465. The standard InChI is InChI=1S/C17H23NO2/c19-16(20)9-14(15-2-1-3-18-15)17-12-5-10-4-11(7-12)8-13(17)6-10/h1-3,10-14,17-18H,4-9H2,(H,19,20). The van der Waals surface area contributed by atoms with Crippen molar-refractivity contribution in [3.05, 3.63) is 24.0 Å². The van der Waals surface area contributed by atoms with Gasteiger partial charge in [-0.25, -0.2) is 0 Å². The average Bonchev–Trinajstić information content (AvgIpc) is 2.89. The lowest BCUT2D eigenvalue weighted by molar-refractivity contribution is -0.139. The van der Waals surface area contributed by atoms with Gasteiger partial charge in [-0.1, -0.05) is 0 Å². The molecule has 0 aromatic carbocycles. The van der Waals surface area contributed by atoms with Crippen LogP contribution in [0.25, 0.3) is 0 Å². The van der Waals surface area contributed by atoms with E-state index in [4.69, 9.17) is 0 Å². The van der Waals surface area contributed by atoms with Gasteiger partial charge in [0, 0.05) is 17.8 Å². The van der Waals surface area contributed by atoms with Crippen molar-refractivity contribution in [1.82, 2.24) is 4.98 Å². The second-order valence-corrected chi connectivity index (χ2v) is 7.34. The zero-order valence-corrected chi connectivity index (χ0v) is 11.8. The number of aliphatic carboxylic acids is 1. The number of nitrogens with one attached hydrogen (secondary N) is 1. The van der Waals surface area contributed by atoms with Gasteiger partial charge < -0.3 is 10.1 Å². The molecule has 0 aliphatic heterocycles. The Morgan fingerprint density at radius 1 is 1.20 bits per heavy atom. The van der Waals surface area contributed by atoms with E-state index in [1.807, 2.05) is 12.3 Å². The van der Waals surface area contributed by atoms with Crippen molar-refractivity contribution in [3.63, 3.8) is 0 Å². The second kappa shape index (κ2) is 4.64. The van der Waals surface area contributed by atoms with E-state index in [1.165, 1.54) is 32.1 Å². The van der Waals surface area contributed by atoms with Gasteiger partial charge in [-0.05, 0) is 73.8 Å². The summed E-state index contributed by atoms with van der Waals surface area (Å²) in [6, 6.07) is 4.08. The molecule has 1 aromatic heterocycles. The van der Waals surface area contributed by atoms with Gasteiger partial charge in [-0.3, -0.25) is 4.79 Å². The molecule has 1 unspecified atom stereocenters. The van der Waals surface area contributed by atoms with Crippen molar-refractivity contribution >= 4 is 5.97 Å². The van der Waals surface area contributed by atoms with E-state index in [1.54, 1.807) is 0 Å². The maximum absolute atomic E-state index is 11.3. The number of H-pyrrole nitrogens is 1. The topological polar surface area (TPSA) is 53.1 Å². The van der Waals surface area contributed by atoms with E-state index in [-0.39, 0.29) is 12.3 Å². The molecule has 3 nitrogen and oxygen atoms in total. The van der Waals surface area contributed by atoms with Gasteiger partial charge in [0.05, 0.1) is 6.42 Å². The van der Waals surface area contributed by atoms with Gasteiger partial charge in [0.15, 0.2) is 0 Å². The van der Waals surface area contributed by atoms with E-state index >= 15 is 0 Å². The van der Waals surface area contributed by atoms with Crippen molar-refractivity contribution < 1.29 is 9.90 Å². The van der Waals surface area contributed by atoms with Gasteiger partial charge in [0.25, 0.3) is 0 Å². The highest BCUT2D eigenvalue weighted by Crippen LogP contribution is 2.60. The Balaban J connectivity index is 1.64. The number of aromatic amines is 1. The molecule has 0 amide bonds. The number of hydrogen-bond donors (Lipinski definition) is 2. The van der Waals surface area contributed by atoms with Crippen molar-refractivity contribution in [2.75, 3.05) is 0 Å². The molecule has 4 bridgehead atoms. The molecule has 1 aromatic rings. The van der Waals surface area contributed by atoms with Crippen LogP contribution in [-0.2, 0) is 4.79 Å². The van der Waals surface area contributed by atoms with Gasteiger partial charge in [0.1, 0.15) is 0 Å². The van der Waals surface area contributed by atoms with Crippen molar-refractivity contribution in [3.8, 4) is 0 Å². The molecule has 2 N–H and O–H groups in total. The molecule has 4 fully saturated rings. The number of rotatable bonds is 4. The predicted octanol–water partition coefficient (Wildman–Crippen LogP) is 3.65. The van der Waals surface area contributed by atoms with Gasteiger partial charge in [0.2, 0.25) is 0 Å². The fourth-order valence-corrected chi connectivity index (χ4v) is 5.84. The van der Waals surface area contributed by atoms with E-state index in [0.717, 1.165) is 29.4 Å². The lowest BCUT2D eigenvalue weighted by Gasteiger charge is -2.56. The minimum absolute atomic E-state index is 0.192. The summed E-state index contributed by atoms with van der Waals surface area (Å²) in [6.45, 7) is 0. The van der Waals surface area contributed by atoms with E-state index in [0.29, 0.717) is 5.92 Å². The third-order valence-electron chi connectivity index (χ3n) is 6.18. The average molecular weight is 273 g/mol. The third kappa shape index (κ3) is 1.99. The molecule has 20 heavy (non-hydrogen) atoms. The zero-order chi connectivity index (χ0) is 13.7. The van der Waals surface area contributed by atoms with Crippen molar-refractivity contribution in [2.45, 2.75) is 44.4 Å². The fraction of sp³-hybridized carbons (Fsp3) is 0.706. The summed E-state index contributed by atoms with van der Waals surface area (Å²) in [6.07, 6.45) is 9.09. The molecule has 0 radical (unpaired) electrons. The first kappa shape index (κ1) is 12.5. The largest absolute Gasteiger partial charge is 0.481 e. The van der Waals surface area contributed by atoms with Gasteiger partial charge in [-0.15, -0.1) is 0 Å². The number of carboxylic acids is 1. The van der Waals surface area contributed by atoms with Crippen LogP contribution in [0.4, 0.5) is 0 Å². The summed E-state index contributed by atoms with van der Waals surface area (Å²) in [7, 11) is 0. The maximum atomic E-state index is 11.3. The van der Waals surface area contributed by atoms with Crippen LogP contribution in [0.2, 0.25) is 0 Å². The fourth-order valence-electron chi connectivity index (χ4n) is 5.84. The first-order valence-corrected chi connectivity index (χ1v) is 8.05. The molecule has 0 saturated heterocycles. The normalized spacial score (nSPS) is 39.9. The van der Waals surface area contributed by atoms with Crippen LogP contribution in [-0.4, -0.2) is 16.1 Å². The Morgan fingerprint density at radius 2 is 1.85 bits per heavy atom. The summed E-state index contributed by atoms with van der Waals surface area (Å²) >= 11 is 0. The minimum Gasteiger partial charge on any atom is -0.481 e. The highest BCUT2D eigenvalue weighted by atomic mass is 16.4. The van der Waals surface area contributed by atoms with Crippen LogP contribution < -0.4 is 0 Å². The van der Waals surface area contributed by atoms with E-state index in [9.17, 15) is 9.90 Å². The van der Waals surface area contributed by atoms with Crippen LogP contribution in [0.15, 0.2) is 18.3 Å². The molecule has 5 rings (SSSR count). The summed E-state index contributed by atoms with van der Waals surface area (Å²) in [4.78, 5) is 14.6. The van der Waals surface area contributed by atoms with Crippen LogP contribution >= 0.6 is 0 Å². The Hall–Kier alpha value is -1.25. The van der Waals surface area contributed by atoms with Crippen molar-refractivity contribution in [1.29, 1.82) is 0 Å². The molecule has 1 heterocycles. The minimum atomic E-state index is -0.654. The lowest BCUT2D eigenvalue weighted by Crippen LogP contribution is -2.47. The van der Waals surface area contributed by atoms with Crippen LogP contribution in [0.3, 0.4) is 0 Å². The van der Waals surface area contributed by atoms with Crippen molar-refractivity contribution in [2.24, 2.45) is 29.6 Å². The summed E-state index contributed by atoms with van der Waals surface area (Å²) in [5, 5.41) is 9.32. The Kier molecular flexibility index (Phi) is 2.90. The monoisotopic (exact) mass is 273 g/mol. The molecule has 4 aliphatic rings. The van der Waals surface area contributed by atoms with E-state index in [2.05, 4.69) is 11.1 Å². The maximum Gasteiger partial charge on any atom is 0.304 e. The molecule has 0 spiro atoms. The third-order valence-corrected chi connectivity index (χ3v) is 6.18. The molecule has 4 aliphatic carbocycles. The highest BCUT2D eigenvalue weighted by Gasteiger charge is 2.51. The molecule has 3 heteroatoms. The number of aromatic nitrogens is 1. The van der Waals surface area contributed by atoms with Gasteiger partial charge >= 0.3 is 5.97 Å². The summed E-state index contributed by atoms with van der Waals surface area (Å²) in [5.41, 5.74) is 1.14. The Morgan fingerprint density at radius 3 is 2.35 bits per heavy atom. The quantitative estimate of drug-likeness (QED) is 0.880. The predicted molar refractivity (Wildman–Crippen MR) is 76.3 cm³/mol. The second-order valence-electron chi connectivity index (χ2n) is 7.34. The molecular weight excluding hydrogens is 250 g/mol. The number of hydrogen-bond acceptors (Lipinski definition) is 1. The summed E-state index contributed by atoms with van der Waals surface area (Å²) in [5.74, 6) is 3.58. The van der Waals surface area contributed by atoms with Crippen LogP contribution in [0, 0.1) is 29.6 Å². The summed E-state index contributed by atoms with van der Waals surface area (Å²) < 4.78 is 0. The lowest BCUT2D eigenvalue weighted by atomic mass is 9.49. The smallest absolute Gasteiger partial charge is 0.304 e. The van der Waals surface area contributed by atoms with Gasteiger partial charge in [-0.2, -0.15) is 0 Å². The first-order chi connectivity index (χ1) is 9.70. The molecule has 1 atom stereocenters. The molecular formula is C17H23NO2. The Labute approximate surface area is 119 Å². The van der Waals surface area contributed by atoms with E-state index < -0.39 is 5.97 Å².